The van der Waals surface area contributed by atoms with Crippen LogP contribution in [0, 0.1) is 0 Å². The van der Waals surface area contributed by atoms with Crippen LogP contribution in [0.5, 0.6) is 0 Å². The van der Waals surface area contributed by atoms with Gasteiger partial charge in [-0.15, -0.1) is 0 Å². The van der Waals surface area contributed by atoms with Gasteiger partial charge in [0.25, 0.3) is 0 Å². The topological polar surface area (TPSA) is 23.6 Å². The number of carbonyl (C=O) groups is 1. The maximum Gasteiger partial charge on any atom is 0.236 e. The second kappa shape index (κ2) is 12.8. The van der Waals surface area contributed by atoms with Crippen molar-refractivity contribution in [1.29, 1.82) is 0 Å². The zero-order valence-corrected chi connectivity index (χ0v) is 16.0. The van der Waals surface area contributed by atoms with Crippen LogP contribution < -0.4 is 0 Å². The SMILES string of the molecule is CCCCCCCC(CCCCCCC)N1CCN(C)C(=O)C1. The second-order valence-electron chi connectivity index (χ2n) is 7.35. The molecule has 23 heavy (non-hydrogen) atoms. The van der Waals surface area contributed by atoms with Crippen molar-refractivity contribution in [2.75, 3.05) is 26.7 Å². The van der Waals surface area contributed by atoms with E-state index in [1.54, 1.807) is 0 Å². The molecule has 1 aliphatic rings. The van der Waals surface area contributed by atoms with Gasteiger partial charge in [-0.3, -0.25) is 9.69 Å². The van der Waals surface area contributed by atoms with Gasteiger partial charge in [0.15, 0.2) is 0 Å². The molecule has 0 unspecified atom stereocenters. The molecular weight excluding hydrogens is 284 g/mol. The Morgan fingerprint density at radius 1 is 0.826 bits per heavy atom. The minimum atomic E-state index is 0.304. The molecule has 136 valence electrons. The van der Waals surface area contributed by atoms with Gasteiger partial charge in [-0.2, -0.15) is 0 Å². The summed E-state index contributed by atoms with van der Waals surface area (Å²) < 4.78 is 0. The summed E-state index contributed by atoms with van der Waals surface area (Å²) in [6, 6.07) is 0.635. The first-order valence-electron chi connectivity index (χ1n) is 10.2. The molecule has 1 heterocycles. The van der Waals surface area contributed by atoms with Gasteiger partial charge in [0.1, 0.15) is 0 Å². The number of nitrogens with zero attached hydrogens (tertiary/aromatic N) is 2. The Kier molecular flexibility index (Phi) is 11.4. The first kappa shape index (κ1) is 20.5. The Morgan fingerprint density at radius 3 is 1.83 bits per heavy atom. The minimum absolute atomic E-state index is 0.304. The third-order valence-electron chi connectivity index (χ3n) is 5.28. The molecule has 0 aromatic carbocycles. The highest BCUT2D eigenvalue weighted by molar-refractivity contribution is 5.78. The minimum Gasteiger partial charge on any atom is -0.343 e. The maximum absolute atomic E-state index is 12.0. The molecule has 0 bridgehead atoms. The Bertz CT molecular complexity index is 292. The predicted octanol–water partition coefficient (Wildman–Crippen LogP) is 4.85. The number of rotatable bonds is 13. The zero-order chi connectivity index (χ0) is 16.9. The van der Waals surface area contributed by atoms with Gasteiger partial charge in [-0.1, -0.05) is 78.1 Å². The third-order valence-corrected chi connectivity index (χ3v) is 5.28. The lowest BCUT2D eigenvalue weighted by molar-refractivity contribution is -0.135. The van der Waals surface area contributed by atoms with Crippen molar-refractivity contribution in [1.82, 2.24) is 9.80 Å². The van der Waals surface area contributed by atoms with Gasteiger partial charge in [0.05, 0.1) is 6.54 Å². The van der Waals surface area contributed by atoms with Crippen LogP contribution in [0.1, 0.15) is 90.9 Å². The number of hydrogen-bond donors (Lipinski definition) is 0. The first-order valence-corrected chi connectivity index (χ1v) is 10.2. The molecule has 3 nitrogen and oxygen atoms in total. The fraction of sp³-hybridized carbons (Fsp3) is 0.950. The molecule has 0 N–H and O–H groups in total. The molecule has 0 aromatic rings. The highest BCUT2D eigenvalue weighted by Crippen LogP contribution is 2.20. The van der Waals surface area contributed by atoms with E-state index in [0.717, 1.165) is 13.1 Å². The van der Waals surface area contributed by atoms with Gasteiger partial charge in [-0.25, -0.2) is 0 Å². The molecule has 1 rings (SSSR count). The summed E-state index contributed by atoms with van der Waals surface area (Å²) in [4.78, 5) is 16.4. The van der Waals surface area contributed by atoms with Crippen LogP contribution in [-0.4, -0.2) is 48.4 Å². The largest absolute Gasteiger partial charge is 0.343 e. The molecule has 1 aliphatic heterocycles. The van der Waals surface area contributed by atoms with Crippen molar-refractivity contribution in [3.8, 4) is 0 Å². The van der Waals surface area contributed by atoms with E-state index in [-0.39, 0.29) is 0 Å². The molecule has 0 saturated carbocycles. The van der Waals surface area contributed by atoms with Crippen LogP contribution in [0.2, 0.25) is 0 Å². The molecule has 1 saturated heterocycles. The monoisotopic (exact) mass is 324 g/mol. The van der Waals surface area contributed by atoms with Crippen LogP contribution in [0.25, 0.3) is 0 Å². The van der Waals surface area contributed by atoms with Crippen LogP contribution in [0.15, 0.2) is 0 Å². The van der Waals surface area contributed by atoms with E-state index in [1.165, 1.54) is 77.0 Å². The molecule has 1 fully saturated rings. The second-order valence-corrected chi connectivity index (χ2v) is 7.35. The van der Waals surface area contributed by atoms with Gasteiger partial charge in [0, 0.05) is 26.2 Å². The Balaban J connectivity index is 2.35. The third kappa shape index (κ3) is 8.74. The molecule has 0 atom stereocenters. The number of unbranched alkanes of at least 4 members (excludes halogenated alkanes) is 8. The fourth-order valence-electron chi connectivity index (χ4n) is 3.56. The standard InChI is InChI=1S/C20H40N2O/c1-4-6-8-10-12-14-19(15-13-11-9-7-5-2)22-17-16-21(3)20(23)18-22/h19H,4-18H2,1-3H3. The number of piperazine rings is 1. The summed E-state index contributed by atoms with van der Waals surface area (Å²) in [6.07, 6.45) is 16.1. The van der Waals surface area contributed by atoms with E-state index in [0.29, 0.717) is 18.5 Å². The van der Waals surface area contributed by atoms with Crippen molar-refractivity contribution in [2.24, 2.45) is 0 Å². The molecular formula is C20H40N2O. The zero-order valence-electron chi connectivity index (χ0n) is 16.0. The van der Waals surface area contributed by atoms with E-state index in [4.69, 9.17) is 0 Å². The predicted molar refractivity (Wildman–Crippen MR) is 99.8 cm³/mol. The highest BCUT2D eigenvalue weighted by Gasteiger charge is 2.26. The number of carbonyl (C=O) groups excluding carboxylic acids is 1. The van der Waals surface area contributed by atoms with E-state index in [1.807, 2.05) is 11.9 Å². The lowest BCUT2D eigenvalue weighted by Gasteiger charge is -2.37. The molecule has 0 aromatic heterocycles. The molecule has 1 amide bonds. The Hall–Kier alpha value is -0.570. The van der Waals surface area contributed by atoms with Crippen molar-refractivity contribution in [3.05, 3.63) is 0 Å². The molecule has 3 heteroatoms. The van der Waals surface area contributed by atoms with Gasteiger partial charge >= 0.3 is 0 Å². The van der Waals surface area contributed by atoms with E-state index in [9.17, 15) is 4.79 Å². The van der Waals surface area contributed by atoms with Crippen molar-refractivity contribution in [3.63, 3.8) is 0 Å². The average molecular weight is 325 g/mol. The van der Waals surface area contributed by atoms with E-state index >= 15 is 0 Å². The summed E-state index contributed by atoms with van der Waals surface area (Å²) in [5, 5.41) is 0. The number of likely N-dealkylation sites (N-methyl/N-ethyl adjacent to an activating group) is 1. The summed E-state index contributed by atoms with van der Waals surface area (Å²) in [5.74, 6) is 0.304. The first-order chi connectivity index (χ1) is 11.2. The van der Waals surface area contributed by atoms with Gasteiger partial charge in [-0.05, 0) is 12.8 Å². The van der Waals surface area contributed by atoms with Crippen molar-refractivity contribution < 1.29 is 4.79 Å². The maximum atomic E-state index is 12.0. The smallest absolute Gasteiger partial charge is 0.236 e. The molecule has 0 spiro atoms. The van der Waals surface area contributed by atoms with Crippen LogP contribution in [0.4, 0.5) is 0 Å². The number of amides is 1. The highest BCUT2D eigenvalue weighted by atomic mass is 16.2. The lowest BCUT2D eigenvalue weighted by atomic mass is 9.98. The quantitative estimate of drug-likeness (QED) is 0.452. The fourth-order valence-corrected chi connectivity index (χ4v) is 3.56. The normalized spacial score (nSPS) is 16.5. The van der Waals surface area contributed by atoms with Gasteiger partial charge < -0.3 is 4.90 Å². The van der Waals surface area contributed by atoms with Gasteiger partial charge in [0.2, 0.25) is 5.91 Å². The van der Waals surface area contributed by atoms with E-state index < -0.39 is 0 Å². The van der Waals surface area contributed by atoms with E-state index in [2.05, 4.69) is 18.7 Å². The summed E-state index contributed by atoms with van der Waals surface area (Å²) >= 11 is 0. The summed E-state index contributed by atoms with van der Waals surface area (Å²) in [7, 11) is 1.93. The van der Waals surface area contributed by atoms with Crippen molar-refractivity contribution in [2.45, 2.75) is 96.9 Å². The molecule has 0 radical (unpaired) electrons. The number of hydrogen-bond acceptors (Lipinski definition) is 2. The summed E-state index contributed by atoms with van der Waals surface area (Å²) in [6.45, 7) is 7.16. The lowest BCUT2D eigenvalue weighted by Crippen LogP contribution is -2.52. The Morgan fingerprint density at radius 2 is 1.35 bits per heavy atom. The van der Waals surface area contributed by atoms with Crippen LogP contribution in [-0.2, 0) is 4.79 Å². The molecule has 0 aliphatic carbocycles. The van der Waals surface area contributed by atoms with Crippen LogP contribution in [0.3, 0.4) is 0 Å². The van der Waals surface area contributed by atoms with Crippen LogP contribution >= 0.6 is 0 Å². The van der Waals surface area contributed by atoms with Crippen molar-refractivity contribution >= 4 is 5.91 Å². The average Bonchev–Trinajstić information content (AvgIpc) is 2.55. The Labute approximate surface area is 144 Å². The summed E-state index contributed by atoms with van der Waals surface area (Å²) in [5.41, 5.74) is 0.